The molecule has 0 radical (unpaired) electrons. The van der Waals surface area contributed by atoms with Crippen molar-refractivity contribution >= 4 is 27.5 Å². The van der Waals surface area contributed by atoms with Crippen LogP contribution in [0, 0.1) is 0 Å². The molecule has 3 aromatic rings. The maximum Gasteiger partial charge on any atom is 0.259 e. The Morgan fingerprint density at radius 2 is 2.22 bits per heavy atom. The van der Waals surface area contributed by atoms with Crippen molar-refractivity contribution in [2.75, 3.05) is 0 Å². The fourth-order valence-electron chi connectivity index (χ4n) is 1.40. The zero-order valence-electron chi connectivity index (χ0n) is 8.76. The topological polar surface area (TPSA) is 80.5 Å². The average Bonchev–Trinajstić information content (AvgIpc) is 3.00. The zero-order valence-corrected chi connectivity index (χ0v) is 11.1. The normalized spacial score (nSPS) is 10.8. The summed E-state index contributed by atoms with van der Waals surface area (Å²) in [7, 11) is 0. The van der Waals surface area contributed by atoms with Gasteiger partial charge in [-0.15, -0.1) is 0 Å². The second-order valence-electron chi connectivity index (χ2n) is 3.38. The number of aromatic nitrogens is 5. The Morgan fingerprint density at radius 1 is 1.33 bits per heavy atom. The molecule has 0 unspecified atom stereocenters. The number of halogens is 2. The van der Waals surface area contributed by atoms with E-state index in [2.05, 4.69) is 41.3 Å². The van der Waals surface area contributed by atoms with Crippen LogP contribution in [0.25, 0.3) is 23.1 Å². The molecular formula is C10H5BrClN5O. The Bertz CT molecular complexity index is 681. The van der Waals surface area contributed by atoms with E-state index in [-0.39, 0.29) is 0 Å². The monoisotopic (exact) mass is 325 g/mol. The predicted molar refractivity (Wildman–Crippen MR) is 67.8 cm³/mol. The quantitative estimate of drug-likeness (QED) is 0.783. The standard InChI is InChI=1S/C10H5BrClN5O/c11-7-2-1-5(12)3-6(7)10-15-9(17-18-10)8-13-4-14-16-8/h1-4H,(H,13,14,16). The van der Waals surface area contributed by atoms with Crippen LogP contribution in [0.2, 0.25) is 5.02 Å². The summed E-state index contributed by atoms with van der Waals surface area (Å²) in [5.41, 5.74) is 0.723. The molecule has 8 heteroatoms. The second kappa shape index (κ2) is 4.51. The summed E-state index contributed by atoms with van der Waals surface area (Å²) in [4.78, 5) is 8.17. The van der Waals surface area contributed by atoms with Gasteiger partial charge >= 0.3 is 0 Å². The van der Waals surface area contributed by atoms with Crippen LogP contribution in [0.1, 0.15) is 0 Å². The smallest absolute Gasteiger partial charge is 0.259 e. The molecule has 0 bridgehead atoms. The molecule has 0 aliphatic carbocycles. The molecule has 1 N–H and O–H groups in total. The van der Waals surface area contributed by atoms with Crippen molar-refractivity contribution < 1.29 is 4.52 Å². The van der Waals surface area contributed by atoms with Crippen molar-refractivity contribution in [3.63, 3.8) is 0 Å². The number of aromatic amines is 1. The molecule has 1 aromatic carbocycles. The van der Waals surface area contributed by atoms with Gasteiger partial charge in [-0.1, -0.05) is 16.8 Å². The van der Waals surface area contributed by atoms with E-state index in [4.69, 9.17) is 16.1 Å². The van der Waals surface area contributed by atoms with E-state index in [1.54, 1.807) is 12.1 Å². The minimum Gasteiger partial charge on any atom is -0.333 e. The van der Waals surface area contributed by atoms with Gasteiger partial charge in [0.15, 0.2) is 5.82 Å². The van der Waals surface area contributed by atoms with Crippen molar-refractivity contribution in [3.05, 3.63) is 34.0 Å². The van der Waals surface area contributed by atoms with Crippen molar-refractivity contribution in [3.8, 4) is 23.1 Å². The molecule has 0 fully saturated rings. The van der Waals surface area contributed by atoms with E-state index in [1.807, 2.05) is 6.07 Å². The molecule has 0 saturated heterocycles. The van der Waals surface area contributed by atoms with Gasteiger partial charge < -0.3 is 4.52 Å². The summed E-state index contributed by atoms with van der Waals surface area (Å²) in [5.74, 6) is 1.15. The summed E-state index contributed by atoms with van der Waals surface area (Å²) in [6.07, 6.45) is 1.38. The van der Waals surface area contributed by atoms with Gasteiger partial charge in [-0.3, -0.25) is 5.10 Å². The van der Waals surface area contributed by atoms with Crippen LogP contribution < -0.4 is 0 Å². The van der Waals surface area contributed by atoms with Gasteiger partial charge in [-0.25, -0.2) is 4.98 Å². The number of hydrogen-bond acceptors (Lipinski definition) is 5. The predicted octanol–water partition coefficient (Wildman–Crippen LogP) is 2.94. The highest BCUT2D eigenvalue weighted by molar-refractivity contribution is 9.10. The molecule has 90 valence electrons. The Hall–Kier alpha value is -1.73. The van der Waals surface area contributed by atoms with Crippen LogP contribution in [-0.4, -0.2) is 25.3 Å². The Morgan fingerprint density at radius 3 is 3.00 bits per heavy atom. The van der Waals surface area contributed by atoms with E-state index in [9.17, 15) is 0 Å². The molecule has 0 aliphatic heterocycles. The highest BCUT2D eigenvalue weighted by Gasteiger charge is 2.15. The van der Waals surface area contributed by atoms with E-state index in [1.165, 1.54) is 6.33 Å². The number of nitrogens with one attached hydrogen (secondary N) is 1. The molecule has 3 rings (SSSR count). The number of rotatable bonds is 2. The van der Waals surface area contributed by atoms with E-state index in [0.29, 0.717) is 22.6 Å². The second-order valence-corrected chi connectivity index (χ2v) is 4.67. The lowest BCUT2D eigenvalue weighted by Gasteiger charge is -1.98. The molecule has 2 aromatic heterocycles. The summed E-state index contributed by atoms with van der Waals surface area (Å²) in [6, 6.07) is 5.32. The van der Waals surface area contributed by atoms with Crippen molar-refractivity contribution in [2.24, 2.45) is 0 Å². The fourth-order valence-corrected chi connectivity index (χ4v) is 1.99. The third-order valence-corrected chi connectivity index (χ3v) is 3.14. The van der Waals surface area contributed by atoms with Crippen LogP contribution in [0.15, 0.2) is 33.5 Å². The molecule has 0 atom stereocenters. The van der Waals surface area contributed by atoms with Gasteiger partial charge in [0.25, 0.3) is 5.89 Å². The minimum absolute atomic E-state index is 0.342. The number of benzene rings is 1. The molecule has 0 spiro atoms. The number of H-pyrrole nitrogens is 1. The molecule has 0 amide bonds. The molecular weight excluding hydrogens is 322 g/mol. The lowest BCUT2D eigenvalue weighted by molar-refractivity contribution is 0.431. The van der Waals surface area contributed by atoms with Crippen LogP contribution in [0.3, 0.4) is 0 Å². The third kappa shape index (κ3) is 2.02. The first-order chi connectivity index (χ1) is 8.74. The van der Waals surface area contributed by atoms with Gasteiger partial charge in [0.2, 0.25) is 5.82 Å². The van der Waals surface area contributed by atoms with Gasteiger partial charge in [-0.05, 0) is 34.1 Å². The van der Waals surface area contributed by atoms with E-state index in [0.717, 1.165) is 10.0 Å². The third-order valence-electron chi connectivity index (χ3n) is 2.21. The average molecular weight is 327 g/mol. The van der Waals surface area contributed by atoms with Crippen LogP contribution in [0.4, 0.5) is 0 Å². The van der Waals surface area contributed by atoms with Crippen molar-refractivity contribution in [1.29, 1.82) is 0 Å². The number of nitrogens with zero attached hydrogens (tertiary/aromatic N) is 4. The van der Waals surface area contributed by atoms with Crippen LogP contribution >= 0.6 is 27.5 Å². The molecule has 6 nitrogen and oxygen atoms in total. The highest BCUT2D eigenvalue weighted by Crippen LogP contribution is 2.30. The number of hydrogen-bond donors (Lipinski definition) is 1. The minimum atomic E-state index is 0.342. The largest absolute Gasteiger partial charge is 0.333 e. The lowest BCUT2D eigenvalue weighted by atomic mass is 10.2. The zero-order chi connectivity index (χ0) is 12.5. The summed E-state index contributed by atoms with van der Waals surface area (Å²) < 4.78 is 5.99. The fraction of sp³-hybridized carbons (Fsp3) is 0. The first kappa shape index (κ1) is 11.4. The van der Waals surface area contributed by atoms with Gasteiger partial charge in [0.05, 0.1) is 5.56 Å². The summed E-state index contributed by atoms with van der Waals surface area (Å²) >= 11 is 9.34. The highest BCUT2D eigenvalue weighted by atomic mass is 79.9. The van der Waals surface area contributed by atoms with Crippen LogP contribution in [-0.2, 0) is 0 Å². The lowest BCUT2D eigenvalue weighted by Crippen LogP contribution is -1.84. The maximum atomic E-state index is 5.93. The first-order valence-electron chi connectivity index (χ1n) is 4.89. The van der Waals surface area contributed by atoms with Gasteiger partial charge in [0, 0.05) is 9.50 Å². The van der Waals surface area contributed by atoms with Crippen LogP contribution in [0.5, 0.6) is 0 Å². The van der Waals surface area contributed by atoms with Crippen molar-refractivity contribution in [1.82, 2.24) is 25.3 Å². The van der Waals surface area contributed by atoms with E-state index >= 15 is 0 Å². The molecule has 0 saturated carbocycles. The van der Waals surface area contributed by atoms with Gasteiger partial charge in [0.1, 0.15) is 6.33 Å². The Balaban J connectivity index is 2.05. The first-order valence-corrected chi connectivity index (χ1v) is 6.06. The summed E-state index contributed by atoms with van der Waals surface area (Å²) in [5, 5.41) is 10.8. The Kier molecular flexibility index (Phi) is 2.85. The summed E-state index contributed by atoms with van der Waals surface area (Å²) in [6.45, 7) is 0. The SMILES string of the molecule is Clc1ccc(Br)c(-c2nc(-c3ncn[nH]3)no2)c1. The molecule has 2 heterocycles. The van der Waals surface area contributed by atoms with E-state index < -0.39 is 0 Å². The van der Waals surface area contributed by atoms with Crippen molar-refractivity contribution in [2.45, 2.75) is 0 Å². The molecule has 18 heavy (non-hydrogen) atoms. The molecule has 0 aliphatic rings. The maximum absolute atomic E-state index is 5.93. The van der Waals surface area contributed by atoms with Gasteiger partial charge in [-0.2, -0.15) is 10.1 Å². The Labute approximate surface area is 115 Å².